The van der Waals surface area contributed by atoms with Crippen LogP contribution in [0.15, 0.2) is 29.2 Å². The van der Waals surface area contributed by atoms with Gasteiger partial charge in [0.2, 0.25) is 10.0 Å². The smallest absolute Gasteiger partial charge is 0.243 e. The van der Waals surface area contributed by atoms with Crippen molar-refractivity contribution in [2.45, 2.75) is 37.6 Å². The first-order chi connectivity index (χ1) is 10.3. The van der Waals surface area contributed by atoms with E-state index in [2.05, 4.69) is 0 Å². The molecule has 7 heteroatoms. The number of nitrogen functional groups attached to an aromatic ring is 1. The Balaban J connectivity index is 3.15. The molecule has 1 aromatic rings. The Morgan fingerprint density at radius 1 is 1.23 bits per heavy atom. The maximum atomic E-state index is 12.9. The fourth-order valence-electron chi connectivity index (χ4n) is 2.26. The number of hydrogen-bond donors (Lipinski definition) is 3. The van der Waals surface area contributed by atoms with Gasteiger partial charge in [0.1, 0.15) is 0 Å². The number of aliphatic hydroxyl groups is 1. The summed E-state index contributed by atoms with van der Waals surface area (Å²) >= 11 is 0. The topological polar surface area (TPSA) is 110 Å². The van der Waals surface area contributed by atoms with Crippen LogP contribution in [-0.2, 0) is 10.0 Å². The quantitative estimate of drug-likeness (QED) is 0.586. The zero-order valence-electron chi connectivity index (χ0n) is 13.3. The predicted octanol–water partition coefficient (Wildman–Crippen LogP) is 1.02. The van der Waals surface area contributed by atoms with Crippen molar-refractivity contribution in [3.05, 3.63) is 24.3 Å². The van der Waals surface area contributed by atoms with Gasteiger partial charge < -0.3 is 16.6 Å². The number of hydrogen-bond acceptors (Lipinski definition) is 5. The minimum atomic E-state index is -3.68. The molecule has 0 heterocycles. The van der Waals surface area contributed by atoms with Crippen LogP contribution < -0.4 is 11.5 Å². The van der Waals surface area contributed by atoms with Gasteiger partial charge in [0.05, 0.1) is 11.5 Å². The van der Waals surface area contributed by atoms with E-state index in [1.165, 1.54) is 16.4 Å². The van der Waals surface area contributed by atoms with E-state index in [4.69, 9.17) is 11.5 Å². The molecular formula is C15H27N3O3S. The van der Waals surface area contributed by atoms with Gasteiger partial charge in [-0.25, -0.2) is 8.42 Å². The molecule has 0 bridgehead atoms. The van der Waals surface area contributed by atoms with Gasteiger partial charge in [-0.2, -0.15) is 4.31 Å². The van der Waals surface area contributed by atoms with Gasteiger partial charge in [0.25, 0.3) is 0 Å². The molecule has 0 saturated carbocycles. The summed E-state index contributed by atoms with van der Waals surface area (Å²) in [4.78, 5) is 0.188. The molecule has 0 saturated heterocycles. The summed E-state index contributed by atoms with van der Waals surface area (Å²) < 4.78 is 27.2. The number of sulfonamides is 1. The molecule has 0 aromatic heterocycles. The minimum absolute atomic E-state index is 0.149. The molecule has 0 unspecified atom stereocenters. The van der Waals surface area contributed by atoms with E-state index >= 15 is 0 Å². The second-order valence-electron chi connectivity index (χ2n) is 5.80. The molecule has 0 radical (unpaired) electrons. The van der Waals surface area contributed by atoms with Crippen LogP contribution in [0.25, 0.3) is 0 Å². The Hall–Kier alpha value is -1.15. The third kappa shape index (κ3) is 4.95. The van der Waals surface area contributed by atoms with Crippen molar-refractivity contribution in [1.29, 1.82) is 0 Å². The van der Waals surface area contributed by atoms with Gasteiger partial charge in [-0.1, -0.05) is 13.8 Å². The molecule has 0 aliphatic rings. The van der Waals surface area contributed by atoms with Crippen LogP contribution in [-0.4, -0.2) is 43.6 Å². The van der Waals surface area contributed by atoms with Crippen LogP contribution in [0.4, 0.5) is 5.69 Å². The van der Waals surface area contributed by atoms with Crippen LogP contribution in [0.5, 0.6) is 0 Å². The lowest BCUT2D eigenvalue weighted by atomic mass is 10.1. The van der Waals surface area contributed by atoms with E-state index in [1.807, 2.05) is 13.8 Å². The van der Waals surface area contributed by atoms with Crippen molar-refractivity contribution in [3.8, 4) is 0 Å². The van der Waals surface area contributed by atoms with Crippen molar-refractivity contribution in [2.24, 2.45) is 11.7 Å². The monoisotopic (exact) mass is 329 g/mol. The molecule has 0 aliphatic heterocycles. The second kappa shape index (κ2) is 8.47. The van der Waals surface area contributed by atoms with Crippen molar-refractivity contribution in [3.63, 3.8) is 0 Å². The first-order valence-electron chi connectivity index (χ1n) is 7.51. The standard InChI is InChI=1S/C15H27N3O3S/c1-12(2)10-18(14(11-19)4-3-9-16)22(20,21)15-7-5-13(17)6-8-15/h5-8,12,14,19H,3-4,9-11,16-17H2,1-2H3/t14-/m0/s1. The van der Waals surface area contributed by atoms with E-state index in [-0.39, 0.29) is 17.4 Å². The first-order valence-corrected chi connectivity index (χ1v) is 8.95. The SMILES string of the molecule is CC(C)CN([C@H](CO)CCCN)S(=O)(=O)c1ccc(N)cc1. The van der Waals surface area contributed by atoms with Crippen molar-refractivity contribution in [2.75, 3.05) is 25.4 Å². The number of benzene rings is 1. The third-order valence-corrected chi connectivity index (χ3v) is 5.32. The predicted molar refractivity (Wildman–Crippen MR) is 88.7 cm³/mol. The molecule has 6 nitrogen and oxygen atoms in total. The molecule has 1 atom stereocenters. The molecule has 126 valence electrons. The van der Waals surface area contributed by atoms with Crippen LogP contribution in [0.1, 0.15) is 26.7 Å². The molecule has 5 N–H and O–H groups in total. The highest BCUT2D eigenvalue weighted by molar-refractivity contribution is 7.89. The summed E-state index contributed by atoms with van der Waals surface area (Å²) in [6.07, 6.45) is 1.20. The van der Waals surface area contributed by atoms with E-state index in [9.17, 15) is 13.5 Å². The van der Waals surface area contributed by atoms with Gasteiger partial charge in [-0.05, 0) is 49.6 Å². The lowest BCUT2D eigenvalue weighted by Crippen LogP contribution is -2.44. The van der Waals surface area contributed by atoms with Crippen LogP contribution in [0.2, 0.25) is 0 Å². The minimum Gasteiger partial charge on any atom is -0.399 e. The molecule has 0 fully saturated rings. The fraction of sp³-hybridized carbons (Fsp3) is 0.600. The maximum Gasteiger partial charge on any atom is 0.243 e. The Kier molecular flexibility index (Phi) is 7.28. The van der Waals surface area contributed by atoms with E-state index in [1.54, 1.807) is 12.1 Å². The summed E-state index contributed by atoms with van der Waals surface area (Å²) in [5.74, 6) is 0.149. The number of nitrogens with two attached hydrogens (primary N) is 2. The molecule has 1 aromatic carbocycles. The summed E-state index contributed by atoms with van der Waals surface area (Å²) in [7, 11) is -3.68. The lowest BCUT2D eigenvalue weighted by Gasteiger charge is -2.31. The van der Waals surface area contributed by atoms with Gasteiger partial charge in [0, 0.05) is 18.3 Å². The number of nitrogens with zero attached hydrogens (tertiary/aromatic N) is 1. The highest BCUT2D eigenvalue weighted by atomic mass is 32.2. The molecule has 22 heavy (non-hydrogen) atoms. The largest absolute Gasteiger partial charge is 0.399 e. The summed E-state index contributed by atoms with van der Waals surface area (Å²) in [6.45, 7) is 4.49. The van der Waals surface area contributed by atoms with Crippen LogP contribution in [0.3, 0.4) is 0 Å². The van der Waals surface area contributed by atoms with Gasteiger partial charge in [0.15, 0.2) is 0 Å². The zero-order valence-corrected chi connectivity index (χ0v) is 14.1. The number of rotatable bonds is 9. The Bertz CT molecular complexity index is 544. The molecule has 0 aliphatic carbocycles. The van der Waals surface area contributed by atoms with Crippen LogP contribution in [0, 0.1) is 5.92 Å². The Labute approximate surface area is 133 Å². The van der Waals surface area contributed by atoms with E-state index < -0.39 is 16.1 Å². The Morgan fingerprint density at radius 3 is 2.27 bits per heavy atom. The fourth-order valence-corrected chi connectivity index (χ4v) is 4.07. The highest BCUT2D eigenvalue weighted by Crippen LogP contribution is 2.22. The summed E-state index contributed by atoms with van der Waals surface area (Å²) in [6, 6.07) is 5.65. The Morgan fingerprint density at radius 2 is 1.82 bits per heavy atom. The molecular weight excluding hydrogens is 302 g/mol. The van der Waals surface area contributed by atoms with Crippen molar-refractivity contribution in [1.82, 2.24) is 4.31 Å². The molecule has 1 rings (SSSR count). The number of anilines is 1. The molecule has 0 spiro atoms. The van der Waals surface area contributed by atoms with E-state index in [0.29, 0.717) is 31.6 Å². The maximum absolute atomic E-state index is 12.9. The van der Waals surface area contributed by atoms with Crippen LogP contribution >= 0.6 is 0 Å². The number of aliphatic hydroxyl groups excluding tert-OH is 1. The lowest BCUT2D eigenvalue weighted by molar-refractivity contribution is 0.169. The summed E-state index contributed by atoms with van der Waals surface area (Å²) in [5.41, 5.74) is 11.6. The normalized spacial score (nSPS) is 13.7. The third-order valence-electron chi connectivity index (χ3n) is 3.39. The zero-order chi connectivity index (χ0) is 16.8. The first kappa shape index (κ1) is 18.9. The van der Waals surface area contributed by atoms with Gasteiger partial charge >= 0.3 is 0 Å². The second-order valence-corrected chi connectivity index (χ2v) is 7.70. The van der Waals surface area contributed by atoms with Crippen molar-refractivity contribution >= 4 is 15.7 Å². The van der Waals surface area contributed by atoms with Gasteiger partial charge in [-0.15, -0.1) is 0 Å². The molecule has 0 amide bonds. The highest BCUT2D eigenvalue weighted by Gasteiger charge is 2.31. The average Bonchev–Trinajstić information content (AvgIpc) is 2.46. The van der Waals surface area contributed by atoms with Crippen molar-refractivity contribution < 1.29 is 13.5 Å². The van der Waals surface area contributed by atoms with Gasteiger partial charge in [-0.3, -0.25) is 0 Å². The van der Waals surface area contributed by atoms with E-state index in [0.717, 1.165) is 0 Å². The average molecular weight is 329 g/mol. The summed E-state index contributed by atoms with van der Waals surface area (Å²) in [5, 5.41) is 9.62.